The van der Waals surface area contributed by atoms with Crippen LogP contribution in [0.4, 0.5) is 0 Å². The Labute approximate surface area is 127 Å². The van der Waals surface area contributed by atoms with Gasteiger partial charge in [-0.1, -0.05) is 30.3 Å². The van der Waals surface area contributed by atoms with Crippen molar-refractivity contribution in [1.82, 2.24) is 4.90 Å². The van der Waals surface area contributed by atoms with E-state index in [1.165, 1.54) is 5.56 Å². The highest BCUT2D eigenvalue weighted by Crippen LogP contribution is 2.32. The molecule has 3 nitrogen and oxygen atoms in total. The van der Waals surface area contributed by atoms with Crippen LogP contribution in [-0.2, 0) is 11.3 Å². The van der Waals surface area contributed by atoms with Gasteiger partial charge in [-0.05, 0) is 50.1 Å². The van der Waals surface area contributed by atoms with Crippen LogP contribution in [0.5, 0.6) is 0 Å². The molecule has 0 aromatic heterocycles. The summed E-state index contributed by atoms with van der Waals surface area (Å²) in [7, 11) is 0. The molecule has 0 saturated carbocycles. The highest BCUT2D eigenvalue weighted by Gasteiger charge is 2.35. The molecule has 0 radical (unpaired) electrons. The van der Waals surface area contributed by atoms with Gasteiger partial charge in [-0.15, -0.1) is 0 Å². The van der Waals surface area contributed by atoms with Crippen LogP contribution in [0.15, 0.2) is 30.3 Å². The van der Waals surface area contributed by atoms with Gasteiger partial charge in [0.2, 0.25) is 0 Å². The zero-order valence-corrected chi connectivity index (χ0v) is 12.8. The summed E-state index contributed by atoms with van der Waals surface area (Å²) in [6.07, 6.45) is 5.23. The highest BCUT2D eigenvalue weighted by atomic mass is 16.5. The van der Waals surface area contributed by atoms with E-state index in [1.807, 2.05) is 0 Å². The van der Waals surface area contributed by atoms with Gasteiger partial charge in [-0.25, -0.2) is 0 Å². The molecular weight excluding hydrogens is 262 g/mol. The molecule has 1 aromatic carbocycles. The van der Waals surface area contributed by atoms with Crippen molar-refractivity contribution >= 4 is 0 Å². The van der Waals surface area contributed by atoms with E-state index in [4.69, 9.17) is 4.74 Å². The Hall–Kier alpha value is -0.900. The number of aliphatic hydroxyl groups is 1. The first kappa shape index (κ1) is 15.0. The van der Waals surface area contributed by atoms with Crippen LogP contribution >= 0.6 is 0 Å². The maximum absolute atomic E-state index is 11.0. The molecule has 3 rings (SSSR count). The average Bonchev–Trinajstić information content (AvgIpc) is 2.49. The molecule has 2 heterocycles. The molecule has 21 heavy (non-hydrogen) atoms. The van der Waals surface area contributed by atoms with E-state index >= 15 is 0 Å². The van der Waals surface area contributed by atoms with E-state index < -0.39 is 5.60 Å². The van der Waals surface area contributed by atoms with Gasteiger partial charge in [0, 0.05) is 26.3 Å². The number of benzene rings is 1. The summed E-state index contributed by atoms with van der Waals surface area (Å²) in [6, 6.07) is 10.6. The van der Waals surface area contributed by atoms with Gasteiger partial charge in [0.25, 0.3) is 0 Å². The fourth-order valence-electron chi connectivity index (χ4n) is 3.84. The molecular formula is C18H27NO2. The standard InChI is InChI=1S/C18H27NO2/c20-18(13-16-7-11-21-12-8-16)9-4-10-19(15-18)14-17-5-2-1-3-6-17/h1-3,5-6,16,20H,4,7-15H2. The van der Waals surface area contributed by atoms with Gasteiger partial charge in [0.15, 0.2) is 0 Å². The number of hydrogen-bond acceptors (Lipinski definition) is 3. The number of nitrogens with zero attached hydrogens (tertiary/aromatic N) is 1. The summed E-state index contributed by atoms with van der Waals surface area (Å²) in [5, 5.41) is 11.0. The third kappa shape index (κ3) is 4.29. The lowest BCUT2D eigenvalue weighted by atomic mass is 9.81. The molecule has 3 heteroatoms. The Kier molecular flexibility index (Phi) is 4.94. The normalized spacial score (nSPS) is 28.6. The van der Waals surface area contributed by atoms with Crippen LogP contribution < -0.4 is 0 Å². The summed E-state index contributed by atoms with van der Waals surface area (Å²) in [5.41, 5.74) is 0.850. The number of likely N-dealkylation sites (tertiary alicyclic amines) is 1. The van der Waals surface area contributed by atoms with E-state index in [-0.39, 0.29) is 0 Å². The molecule has 2 saturated heterocycles. The lowest BCUT2D eigenvalue weighted by Gasteiger charge is -2.41. The number of ether oxygens (including phenoxy) is 1. The molecule has 1 N–H and O–H groups in total. The van der Waals surface area contributed by atoms with Crippen LogP contribution in [0.3, 0.4) is 0 Å². The van der Waals surface area contributed by atoms with E-state index in [9.17, 15) is 5.11 Å². The molecule has 1 aromatic rings. The average molecular weight is 289 g/mol. The predicted octanol–water partition coefficient (Wildman–Crippen LogP) is 2.83. The third-order valence-corrected chi connectivity index (χ3v) is 4.89. The third-order valence-electron chi connectivity index (χ3n) is 4.89. The maximum atomic E-state index is 11.0. The predicted molar refractivity (Wildman–Crippen MR) is 84.1 cm³/mol. The molecule has 0 bridgehead atoms. The Balaban J connectivity index is 1.56. The van der Waals surface area contributed by atoms with Gasteiger partial charge in [-0.3, -0.25) is 4.90 Å². The van der Waals surface area contributed by atoms with Crippen LogP contribution in [0, 0.1) is 5.92 Å². The minimum Gasteiger partial charge on any atom is -0.389 e. The minimum atomic E-state index is -0.491. The summed E-state index contributed by atoms with van der Waals surface area (Å²) < 4.78 is 5.43. The molecule has 2 aliphatic heterocycles. The quantitative estimate of drug-likeness (QED) is 0.925. The Bertz CT molecular complexity index is 430. The van der Waals surface area contributed by atoms with Crippen molar-refractivity contribution in [3.05, 3.63) is 35.9 Å². The van der Waals surface area contributed by atoms with Crippen molar-refractivity contribution in [1.29, 1.82) is 0 Å². The van der Waals surface area contributed by atoms with Crippen molar-refractivity contribution in [2.75, 3.05) is 26.3 Å². The zero-order chi connectivity index (χ0) is 14.5. The maximum Gasteiger partial charge on any atom is 0.0777 e. The van der Waals surface area contributed by atoms with E-state index in [2.05, 4.69) is 35.2 Å². The molecule has 1 unspecified atom stereocenters. The van der Waals surface area contributed by atoms with Gasteiger partial charge >= 0.3 is 0 Å². The second-order valence-electron chi connectivity index (χ2n) is 6.78. The van der Waals surface area contributed by atoms with Crippen LogP contribution in [0.2, 0.25) is 0 Å². The molecule has 1 atom stereocenters. The summed E-state index contributed by atoms with van der Waals surface area (Å²) in [6.45, 7) is 4.62. The molecule has 0 aliphatic carbocycles. The molecule has 2 aliphatic rings. The van der Waals surface area contributed by atoms with Crippen molar-refractivity contribution in [2.24, 2.45) is 5.92 Å². The van der Waals surface area contributed by atoms with Crippen LogP contribution in [-0.4, -0.2) is 41.9 Å². The van der Waals surface area contributed by atoms with Crippen molar-refractivity contribution < 1.29 is 9.84 Å². The molecule has 0 amide bonds. The number of piperidine rings is 1. The first-order chi connectivity index (χ1) is 10.2. The van der Waals surface area contributed by atoms with Crippen LogP contribution in [0.25, 0.3) is 0 Å². The number of β-amino-alcohol motifs (C(OH)–C–C–N with tert-alkyl or cyclic N) is 1. The van der Waals surface area contributed by atoms with Gasteiger partial charge < -0.3 is 9.84 Å². The highest BCUT2D eigenvalue weighted by molar-refractivity contribution is 5.14. The minimum absolute atomic E-state index is 0.491. The van der Waals surface area contributed by atoms with Gasteiger partial charge in [-0.2, -0.15) is 0 Å². The van der Waals surface area contributed by atoms with Gasteiger partial charge in [0.05, 0.1) is 5.60 Å². The van der Waals surface area contributed by atoms with Crippen molar-refractivity contribution in [3.63, 3.8) is 0 Å². The van der Waals surface area contributed by atoms with E-state index in [1.54, 1.807) is 0 Å². The van der Waals surface area contributed by atoms with Crippen LogP contribution in [0.1, 0.15) is 37.7 Å². The Morgan fingerprint density at radius 2 is 1.95 bits per heavy atom. The molecule has 116 valence electrons. The molecule has 2 fully saturated rings. The second kappa shape index (κ2) is 6.91. The lowest BCUT2D eigenvalue weighted by molar-refractivity contribution is -0.0613. The topological polar surface area (TPSA) is 32.7 Å². The van der Waals surface area contributed by atoms with E-state index in [0.29, 0.717) is 5.92 Å². The Morgan fingerprint density at radius 3 is 2.71 bits per heavy atom. The second-order valence-corrected chi connectivity index (χ2v) is 6.78. The summed E-state index contributed by atoms with van der Waals surface area (Å²) >= 11 is 0. The fraction of sp³-hybridized carbons (Fsp3) is 0.667. The monoisotopic (exact) mass is 289 g/mol. The number of hydrogen-bond donors (Lipinski definition) is 1. The smallest absolute Gasteiger partial charge is 0.0777 e. The summed E-state index contributed by atoms with van der Waals surface area (Å²) in [4.78, 5) is 2.41. The largest absolute Gasteiger partial charge is 0.389 e. The Morgan fingerprint density at radius 1 is 1.19 bits per heavy atom. The zero-order valence-electron chi connectivity index (χ0n) is 12.8. The fourth-order valence-corrected chi connectivity index (χ4v) is 3.84. The van der Waals surface area contributed by atoms with Crippen molar-refractivity contribution in [2.45, 2.75) is 44.2 Å². The van der Waals surface area contributed by atoms with Gasteiger partial charge in [0.1, 0.15) is 0 Å². The number of rotatable bonds is 4. The van der Waals surface area contributed by atoms with E-state index in [0.717, 1.165) is 65.0 Å². The van der Waals surface area contributed by atoms with Crippen molar-refractivity contribution in [3.8, 4) is 0 Å². The first-order valence-corrected chi connectivity index (χ1v) is 8.30. The first-order valence-electron chi connectivity index (χ1n) is 8.30. The SMILES string of the molecule is OC1(CC2CCOCC2)CCCN(Cc2ccccc2)C1. The summed E-state index contributed by atoms with van der Waals surface area (Å²) in [5.74, 6) is 0.639. The molecule has 0 spiro atoms. The lowest BCUT2D eigenvalue weighted by Crippen LogP contribution is -2.49.